The molecule has 0 spiro atoms. The molecule has 0 aromatic heterocycles. The first kappa shape index (κ1) is 32.2. The average Bonchev–Trinajstić information content (AvgIpc) is 2.97. The van der Waals surface area contributed by atoms with Gasteiger partial charge in [0.15, 0.2) is 17.3 Å². The maximum atomic E-state index is 14.2. The Kier molecular flexibility index (Phi) is 8.16. The lowest BCUT2D eigenvalue weighted by molar-refractivity contribution is -0.139. The molecule has 4 unspecified atom stereocenters. The normalized spacial score (nSPS) is 23.8. The Hall–Kier alpha value is -5.17. The fourth-order valence-corrected chi connectivity index (χ4v) is 7.31. The zero-order valence-electron chi connectivity index (χ0n) is 26.2. The number of urea groups is 1. The van der Waals surface area contributed by atoms with E-state index in [1.807, 2.05) is 0 Å². The SMILES string of the molecule is CN(C)CC1(C)C(O)=C(C(N)=O)C(=O)C2C(=O)C3=C(O)c4c(O)c(NC(=O)NC(=O)c5ccccc5)cc(N(C)C)c4CC3CC21. The second-order valence-electron chi connectivity index (χ2n) is 12.8. The summed E-state index contributed by atoms with van der Waals surface area (Å²) in [7, 11) is 7.00. The molecule has 242 valence electrons. The molecule has 13 heteroatoms. The van der Waals surface area contributed by atoms with Crippen LogP contribution < -0.4 is 21.3 Å². The molecule has 13 nitrogen and oxygen atoms in total. The van der Waals surface area contributed by atoms with E-state index in [1.165, 1.54) is 18.2 Å². The number of allylic oxidation sites excluding steroid dienone is 1. The van der Waals surface area contributed by atoms with Gasteiger partial charge in [-0.05, 0) is 62.5 Å². The number of nitrogens with two attached hydrogens (primary N) is 1. The van der Waals surface area contributed by atoms with E-state index in [4.69, 9.17) is 5.73 Å². The first-order chi connectivity index (χ1) is 21.6. The lowest BCUT2D eigenvalue weighted by Gasteiger charge is -2.50. The van der Waals surface area contributed by atoms with Crippen LogP contribution in [0, 0.1) is 23.2 Å². The monoisotopic (exact) mass is 631 g/mol. The number of primary amides is 1. The number of nitrogens with one attached hydrogen (secondary N) is 2. The first-order valence-corrected chi connectivity index (χ1v) is 14.7. The number of aliphatic hydroxyl groups is 2. The maximum absolute atomic E-state index is 14.2. The highest BCUT2D eigenvalue weighted by molar-refractivity contribution is 6.28. The Morgan fingerprint density at radius 2 is 1.67 bits per heavy atom. The molecule has 3 aliphatic rings. The molecule has 4 atom stereocenters. The quantitative estimate of drug-likeness (QED) is 0.156. The van der Waals surface area contributed by atoms with E-state index in [2.05, 4.69) is 10.6 Å². The van der Waals surface area contributed by atoms with Gasteiger partial charge in [-0.2, -0.15) is 0 Å². The molecule has 0 aliphatic heterocycles. The number of carbonyl (C=O) groups excluding carboxylic acids is 5. The molecular weight excluding hydrogens is 594 g/mol. The van der Waals surface area contributed by atoms with E-state index < -0.39 is 75.4 Å². The minimum atomic E-state index is -1.40. The summed E-state index contributed by atoms with van der Waals surface area (Å²) in [6, 6.07) is 8.61. The van der Waals surface area contributed by atoms with Crippen LogP contribution in [0.4, 0.5) is 16.2 Å². The molecule has 7 N–H and O–H groups in total. The van der Waals surface area contributed by atoms with Gasteiger partial charge in [-0.15, -0.1) is 0 Å². The van der Waals surface area contributed by atoms with Crippen LogP contribution in [0.1, 0.15) is 34.8 Å². The minimum Gasteiger partial charge on any atom is -0.511 e. The summed E-state index contributed by atoms with van der Waals surface area (Å²) < 4.78 is 0. The third-order valence-corrected chi connectivity index (χ3v) is 9.23. The van der Waals surface area contributed by atoms with Gasteiger partial charge < -0.3 is 36.2 Å². The molecule has 2 aromatic rings. The molecule has 4 amide bonds. The van der Waals surface area contributed by atoms with Gasteiger partial charge in [-0.3, -0.25) is 24.5 Å². The number of nitrogens with zero attached hydrogens (tertiary/aromatic N) is 2. The zero-order valence-corrected chi connectivity index (χ0v) is 26.2. The summed E-state index contributed by atoms with van der Waals surface area (Å²) >= 11 is 0. The van der Waals surface area contributed by atoms with Gasteiger partial charge in [0.1, 0.15) is 17.1 Å². The summed E-state index contributed by atoms with van der Waals surface area (Å²) in [5.41, 5.74) is 4.64. The van der Waals surface area contributed by atoms with Crippen LogP contribution in [-0.2, 0) is 20.8 Å². The predicted octanol–water partition coefficient (Wildman–Crippen LogP) is 2.51. The molecule has 0 saturated heterocycles. The number of hydrogen-bond donors (Lipinski definition) is 6. The lowest BCUT2D eigenvalue weighted by atomic mass is 9.53. The second-order valence-corrected chi connectivity index (χ2v) is 12.8. The minimum absolute atomic E-state index is 0.0830. The van der Waals surface area contributed by atoms with Crippen molar-refractivity contribution < 1.29 is 39.3 Å². The van der Waals surface area contributed by atoms with Crippen molar-refractivity contribution in [3.8, 4) is 5.75 Å². The van der Waals surface area contributed by atoms with Crippen molar-refractivity contribution in [2.24, 2.45) is 28.9 Å². The fraction of sp³-hybridized carbons (Fsp3) is 0.364. The number of fused-ring (bicyclic) bond motifs is 3. The van der Waals surface area contributed by atoms with Crippen LogP contribution in [0.5, 0.6) is 5.75 Å². The number of imide groups is 1. The Labute approximate surface area is 265 Å². The number of phenols is 1. The molecule has 3 aliphatic carbocycles. The largest absolute Gasteiger partial charge is 0.511 e. The van der Waals surface area contributed by atoms with Crippen molar-refractivity contribution in [1.82, 2.24) is 10.2 Å². The van der Waals surface area contributed by atoms with Crippen LogP contribution in [0.3, 0.4) is 0 Å². The molecular formula is C33H37N5O8. The second kappa shape index (κ2) is 11.6. The van der Waals surface area contributed by atoms with Crippen LogP contribution in [-0.4, -0.2) is 84.4 Å². The lowest BCUT2D eigenvalue weighted by Crippen LogP contribution is -2.56. The standard InChI is InChI=1S/C33H37N5O8/c1-33(14-37(2)3)18-12-16-11-17-20(38(4)5)13-19(35-32(46)36-31(45)15-9-7-6-8-10-15)25(39)22(17)26(40)21(16)27(41)23(18)28(42)24(29(33)43)30(34)44/h6-10,13,16,18,23,39-40,43H,11-12,14H2,1-5H3,(H2,34,44)(H2,35,36,45,46). The van der Waals surface area contributed by atoms with Gasteiger partial charge in [-0.25, -0.2) is 4.79 Å². The van der Waals surface area contributed by atoms with E-state index in [9.17, 15) is 39.3 Å². The number of Topliss-reactive ketones (excluding diaryl/α,β-unsaturated/α-hetero) is 2. The predicted molar refractivity (Wildman–Crippen MR) is 169 cm³/mol. The summed E-state index contributed by atoms with van der Waals surface area (Å²) in [6.07, 6.45) is 0.391. The van der Waals surface area contributed by atoms with Gasteiger partial charge in [0, 0.05) is 42.9 Å². The fourth-order valence-electron chi connectivity index (χ4n) is 7.31. The number of hydrogen-bond acceptors (Lipinski definition) is 10. The Morgan fingerprint density at radius 1 is 1.02 bits per heavy atom. The summed E-state index contributed by atoms with van der Waals surface area (Å²) in [4.78, 5) is 69.0. The van der Waals surface area contributed by atoms with Crippen molar-refractivity contribution in [2.75, 3.05) is 45.0 Å². The molecule has 2 aromatic carbocycles. The van der Waals surface area contributed by atoms with Crippen LogP contribution in [0.25, 0.3) is 5.76 Å². The van der Waals surface area contributed by atoms with Gasteiger partial charge in [0.2, 0.25) is 0 Å². The average molecular weight is 632 g/mol. The van der Waals surface area contributed by atoms with Crippen LogP contribution in [0.15, 0.2) is 53.3 Å². The van der Waals surface area contributed by atoms with Gasteiger partial charge in [-0.1, -0.05) is 25.1 Å². The molecule has 46 heavy (non-hydrogen) atoms. The number of amides is 4. The summed E-state index contributed by atoms with van der Waals surface area (Å²) in [5, 5.41) is 38.9. The van der Waals surface area contributed by atoms with Crippen molar-refractivity contribution in [3.05, 3.63) is 70.0 Å². The number of phenolic OH excluding ortho intramolecular Hbond substituents is 1. The number of aliphatic hydroxyl groups excluding tert-OH is 2. The maximum Gasteiger partial charge on any atom is 0.326 e. The van der Waals surface area contributed by atoms with Crippen molar-refractivity contribution in [3.63, 3.8) is 0 Å². The van der Waals surface area contributed by atoms with E-state index >= 15 is 0 Å². The molecule has 1 saturated carbocycles. The van der Waals surface area contributed by atoms with Crippen molar-refractivity contribution >= 4 is 46.5 Å². The van der Waals surface area contributed by atoms with Crippen LogP contribution in [0.2, 0.25) is 0 Å². The summed E-state index contributed by atoms with van der Waals surface area (Å²) in [5.74, 6) is -7.71. The number of carbonyl (C=O) groups is 5. The van der Waals surface area contributed by atoms with E-state index in [-0.39, 0.29) is 41.8 Å². The van der Waals surface area contributed by atoms with Gasteiger partial charge in [0.05, 0.1) is 17.2 Å². The third kappa shape index (κ3) is 5.15. The Balaban J connectivity index is 1.58. The third-order valence-electron chi connectivity index (χ3n) is 9.23. The van der Waals surface area contributed by atoms with Gasteiger partial charge in [0.25, 0.3) is 11.8 Å². The smallest absolute Gasteiger partial charge is 0.326 e. The number of benzene rings is 2. The number of rotatable bonds is 6. The number of aromatic hydroxyl groups is 1. The molecule has 0 radical (unpaired) electrons. The number of ketones is 2. The van der Waals surface area contributed by atoms with Crippen LogP contribution >= 0.6 is 0 Å². The molecule has 0 heterocycles. The van der Waals surface area contributed by atoms with E-state index in [1.54, 1.807) is 63.1 Å². The molecule has 5 rings (SSSR count). The molecule has 1 fully saturated rings. The molecule has 0 bridgehead atoms. The van der Waals surface area contributed by atoms with Crippen molar-refractivity contribution in [1.29, 1.82) is 0 Å². The van der Waals surface area contributed by atoms with Gasteiger partial charge >= 0.3 is 6.03 Å². The van der Waals surface area contributed by atoms with Crippen molar-refractivity contribution in [2.45, 2.75) is 19.8 Å². The Morgan fingerprint density at radius 3 is 2.26 bits per heavy atom. The topological polar surface area (TPSA) is 203 Å². The highest BCUT2D eigenvalue weighted by Crippen LogP contribution is 2.57. The number of anilines is 2. The van der Waals surface area contributed by atoms with E-state index in [0.29, 0.717) is 11.3 Å². The highest BCUT2D eigenvalue weighted by Gasteiger charge is 2.59. The first-order valence-electron chi connectivity index (χ1n) is 14.7. The summed E-state index contributed by atoms with van der Waals surface area (Å²) in [6.45, 7) is 1.90. The van der Waals surface area contributed by atoms with E-state index in [0.717, 1.165) is 0 Å². The zero-order chi connectivity index (χ0) is 33.8. The Bertz CT molecular complexity index is 1750. The highest BCUT2D eigenvalue weighted by atomic mass is 16.3.